The maximum Gasteiger partial charge on any atom is 0.440 e. The zero-order chi connectivity index (χ0) is 16.6. The van der Waals surface area contributed by atoms with Crippen LogP contribution in [-0.4, -0.2) is 22.5 Å². The number of amides is 1. The number of benzene rings is 1. The molecular formula is C14H16Cl3NO4. The standard InChI is InChI=1S/C14H16Cl3NO4/c1-2-6-11(10-7-4-3-5-8-10)12(19)22-18-13(20)21-9-14(15,16)17/h3-5,7-8,11H,2,6,9H2,1H3,(H,18,20). The van der Waals surface area contributed by atoms with Crippen molar-refractivity contribution >= 4 is 46.9 Å². The van der Waals surface area contributed by atoms with Crippen molar-refractivity contribution in [3.8, 4) is 0 Å². The molecule has 5 nitrogen and oxygen atoms in total. The van der Waals surface area contributed by atoms with Gasteiger partial charge in [0.15, 0.2) is 0 Å². The number of nitrogens with one attached hydrogen (secondary N) is 1. The third-order valence-electron chi connectivity index (χ3n) is 2.67. The molecule has 0 aliphatic carbocycles. The Hall–Kier alpha value is -1.17. The van der Waals surface area contributed by atoms with E-state index in [-0.39, 0.29) is 0 Å². The van der Waals surface area contributed by atoms with Gasteiger partial charge < -0.3 is 9.57 Å². The number of carbonyl (C=O) groups excluding carboxylic acids is 2. The monoisotopic (exact) mass is 367 g/mol. The lowest BCUT2D eigenvalue weighted by atomic mass is 9.95. The number of carbonyl (C=O) groups is 2. The predicted molar refractivity (Wildman–Crippen MR) is 85.0 cm³/mol. The van der Waals surface area contributed by atoms with Gasteiger partial charge in [0.1, 0.15) is 6.61 Å². The second-order valence-corrected chi connectivity index (χ2v) is 6.98. The SMILES string of the molecule is CCCC(C(=O)ONC(=O)OCC(Cl)(Cl)Cl)c1ccccc1. The van der Waals surface area contributed by atoms with E-state index in [1.54, 1.807) is 0 Å². The molecule has 0 saturated heterocycles. The van der Waals surface area contributed by atoms with Crippen LogP contribution in [-0.2, 0) is 14.4 Å². The van der Waals surface area contributed by atoms with Crippen LogP contribution in [0.4, 0.5) is 4.79 Å². The molecule has 0 aliphatic rings. The highest BCUT2D eigenvalue weighted by molar-refractivity contribution is 6.67. The molecule has 122 valence electrons. The molecule has 1 rings (SSSR count). The van der Waals surface area contributed by atoms with Gasteiger partial charge in [0, 0.05) is 0 Å². The summed E-state index contributed by atoms with van der Waals surface area (Å²) < 4.78 is 2.85. The van der Waals surface area contributed by atoms with Gasteiger partial charge in [-0.2, -0.15) is 0 Å². The largest absolute Gasteiger partial charge is 0.443 e. The van der Waals surface area contributed by atoms with Gasteiger partial charge in [0.05, 0.1) is 5.92 Å². The Morgan fingerprint density at radius 2 is 1.86 bits per heavy atom. The predicted octanol–water partition coefficient (Wildman–Crippen LogP) is 4.12. The highest BCUT2D eigenvalue weighted by Crippen LogP contribution is 2.26. The molecule has 1 amide bonds. The van der Waals surface area contributed by atoms with Crippen LogP contribution >= 0.6 is 34.8 Å². The first-order chi connectivity index (χ1) is 10.3. The number of ether oxygens (including phenoxy) is 1. The highest BCUT2D eigenvalue weighted by Gasteiger charge is 2.24. The molecule has 0 radical (unpaired) electrons. The number of hydroxylamine groups is 1. The molecule has 1 unspecified atom stereocenters. The summed E-state index contributed by atoms with van der Waals surface area (Å²) in [4.78, 5) is 28.1. The normalized spacial score (nSPS) is 12.4. The van der Waals surface area contributed by atoms with E-state index in [1.165, 1.54) is 0 Å². The van der Waals surface area contributed by atoms with E-state index in [2.05, 4.69) is 4.74 Å². The van der Waals surface area contributed by atoms with Gasteiger partial charge in [-0.05, 0) is 12.0 Å². The van der Waals surface area contributed by atoms with Crippen molar-refractivity contribution < 1.29 is 19.2 Å². The first-order valence-electron chi connectivity index (χ1n) is 6.58. The van der Waals surface area contributed by atoms with E-state index >= 15 is 0 Å². The minimum atomic E-state index is -1.73. The number of halogens is 3. The summed E-state index contributed by atoms with van der Waals surface area (Å²) in [6.07, 6.45) is 0.364. The minimum Gasteiger partial charge on any atom is -0.443 e. The molecule has 8 heteroatoms. The van der Waals surface area contributed by atoms with E-state index in [4.69, 9.17) is 39.6 Å². The zero-order valence-corrected chi connectivity index (χ0v) is 14.1. The quantitative estimate of drug-likeness (QED) is 0.627. The lowest BCUT2D eigenvalue weighted by Gasteiger charge is -2.16. The Labute approximate surface area is 143 Å². The van der Waals surface area contributed by atoms with Crippen molar-refractivity contribution in [3.05, 3.63) is 35.9 Å². The van der Waals surface area contributed by atoms with Crippen molar-refractivity contribution in [2.24, 2.45) is 0 Å². The molecule has 0 spiro atoms. The number of alkyl halides is 3. The van der Waals surface area contributed by atoms with Gasteiger partial charge in [-0.1, -0.05) is 78.5 Å². The molecule has 0 saturated carbocycles. The number of hydrogen-bond donors (Lipinski definition) is 1. The van der Waals surface area contributed by atoms with Crippen molar-refractivity contribution in [1.82, 2.24) is 5.48 Å². The smallest absolute Gasteiger partial charge is 0.440 e. The molecule has 22 heavy (non-hydrogen) atoms. The van der Waals surface area contributed by atoms with Gasteiger partial charge in [-0.15, -0.1) is 5.48 Å². The maximum atomic E-state index is 12.1. The molecule has 0 fully saturated rings. The van der Waals surface area contributed by atoms with Gasteiger partial charge in [0.25, 0.3) is 0 Å². The second kappa shape index (κ2) is 9.08. The zero-order valence-electron chi connectivity index (χ0n) is 11.9. The molecule has 1 atom stereocenters. The molecule has 0 aliphatic heterocycles. The van der Waals surface area contributed by atoms with E-state index < -0.39 is 28.4 Å². The number of hydrogen-bond acceptors (Lipinski definition) is 4. The molecule has 0 heterocycles. The summed E-state index contributed by atoms with van der Waals surface area (Å²) in [5.74, 6) is -1.06. The fourth-order valence-electron chi connectivity index (χ4n) is 1.73. The van der Waals surface area contributed by atoms with Crippen LogP contribution in [0.5, 0.6) is 0 Å². The summed E-state index contributed by atoms with van der Waals surface area (Å²) in [5.41, 5.74) is 2.69. The van der Waals surface area contributed by atoms with Gasteiger partial charge in [-0.3, -0.25) is 0 Å². The Kier molecular flexibility index (Phi) is 7.79. The Bertz CT molecular complexity index is 491. The number of rotatable bonds is 5. The summed E-state index contributed by atoms with van der Waals surface area (Å²) in [7, 11) is 0. The van der Waals surface area contributed by atoms with Crippen LogP contribution in [0.15, 0.2) is 30.3 Å². The first kappa shape index (κ1) is 18.9. The summed E-state index contributed by atoms with van der Waals surface area (Å²) in [6.45, 7) is 1.49. The van der Waals surface area contributed by atoms with Crippen molar-refractivity contribution in [2.45, 2.75) is 29.5 Å². The van der Waals surface area contributed by atoms with E-state index in [1.807, 2.05) is 42.7 Å². The van der Waals surface area contributed by atoms with Crippen LogP contribution in [0.2, 0.25) is 0 Å². The Morgan fingerprint density at radius 1 is 1.23 bits per heavy atom. The van der Waals surface area contributed by atoms with E-state index in [0.717, 1.165) is 12.0 Å². The molecule has 1 aromatic carbocycles. The summed E-state index contributed by atoms with van der Waals surface area (Å²) in [5, 5.41) is 0. The van der Waals surface area contributed by atoms with E-state index in [9.17, 15) is 9.59 Å². The van der Waals surface area contributed by atoms with Crippen molar-refractivity contribution in [1.29, 1.82) is 0 Å². The maximum absolute atomic E-state index is 12.1. The van der Waals surface area contributed by atoms with E-state index in [0.29, 0.717) is 6.42 Å². The van der Waals surface area contributed by atoms with Crippen LogP contribution in [0.1, 0.15) is 31.2 Å². The fourth-order valence-corrected chi connectivity index (χ4v) is 1.90. The third kappa shape index (κ3) is 7.20. The van der Waals surface area contributed by atoms with Gasteiger partial charge in [0.2, 0.25) is 3.79 Å². The Morgan fingerprint density at radius 3 is 2.41 bits per heavy atom. The van der Waals surface area contributed by atoms with Crippen LogP contribution in [0, 0.1) is 0 Å². The van der Waals surface area contributed by atoms with Crippen LogP contribution < -0.4 is 5.48 Å². The molecule has 0 aromatic heterocycles. The van der Waals surface area contributed by atoms with Gasteiger partial charge in [-0.25, -0.2) is 9.59 Å². The lowest BCUT2D eigenvalue weighted by Crippen LogP contribution is -2.32. The third-order valence-corrected chi connectivity index (χ3v) is 2.99. The molecule has 1 aromatic rings. The average Bonchev–Trinajstić information content (AvgIpc) is 2.48. The van der Waals surface area contributed by atoms with Crippen molar-refractivity contribution in [2.75, 3.05) is 6.61 Å². The first-order valence-corrected chi connectivity index (χ1v) is 7.72. The van der Waals surface area contributed by atoms with Crippen LogP contribution in [0.25, 0.3) is 0 Å². The topological polar surface area (TPSA) is 64.6 Å². The molecular weight excluding hydrogens is 353 g/mol. The fraction of sp³-hybridized carbons (Fsp3) is 0.429. The summed E-state index contributed by atoms with van der Waals surface area (Å²) in [6, 6.07) is 9.15. The minimum absolute atomic E-state index is 0.460. The molecule has 0 bridgehead atoms. The van der Waals surface area contributed by atoms with Crippen molar-refractivity contribution in [3.63, 3.8) is 0 Å². The molecule has 1 N–H and O–H groups in total. The lowest BCUT2D eigenvalue weighted by molar-refractivity contribution is -0.151. The van der Waals surface area contributed by atoms with Crippen LogP contribution in [0.3, 0.4) is 0 Å². The average molecular weight is 369 g/mol. The highest BCUT2D eigenvalue weighted by atomic mass is 35.6. The van der Waals surface area contributed by atoms with Gasteiger partial charge >= 0.3 is 12.1 Å². The Balaban J connectivity index is 2.52. The summed E-state index contributed by atoms with van der Waals surface area (Å²) >= 11 is 16.3. The second-order valence-electron chi connectivity index (χ2n) is 4.47.